The van der Waals surface area contributed by atoms with Gasteiger partial charge in [-0.25, -0.2) is 4.79 Å². The molecule has 1 aliphatic heterocycles. The smallest absolute Gasteiger partial charge is 0.407 e. The molecule has 3 amide bonds. The molecule has 1 unspecified atom stereocenters. The number of pyridine rings is 1. The summed E-state index contributed by atoms with van der Waals surface area (Å²) < 4.78 is 7.97. The minimum atomic E-state index is -0.547. The van der Waals surface area contributed by atoms with Crippen LogP contribution >= 0.6 is 11.9 Å². The lowest BCUT2D eigenvalue weighted by Gasteiger charge is -2.21. The number of allylic oxidation sites excluding steroid dienone is 1. The highest BCUT2D eigenvalue weighted by Gasteiger charge is 2.25. The van der Waals surface area contributed by atoms with Crippen LogP contribution in [0.2, 0.25) is 0 Å². The number of hydrogen-bond acceptors (Lipinski definition) is 7. The fourth-order valence-electron chi connectivity index (χ4n) is 5.23. The van der Waals surface area contributed by atoms with Crippen molar-refractivity contribution in [2.75, 3.05) is 32.5 Å². The Morgan fingerprint density at radius 1 is 1.00 bits per heavy atom. The summed E-state index contributed by atoms with van der Waals surface area (Å²) in [5.41, 5.74) is 8.26. The maximum Gasteiger partial charge on any atom is 0.407 e. The molecule has 0 radical (unpaired) electrons. The summed E-state index contributed by atoms with van der Waals surface area (Å²) in [6, 6.07) is 17.7. The first-order valence-corrected chi connectivity index (χ1v) is 20.2. The van der Waals surface area contributed by atoms with E-state index in [1.165, 1.54) is 38.3 Å². The molecule has 53 heavy (non-hydrogen) atoms. The Morgan fingerprint density at radius 3 is 2.38 bits per heavy atom. The minimum Gasteiger partial charge on any atom is -0.450 e. The molecule has 11 heteroatoms. The molecule has 2 aromatic carbocycles. The molecule has 1 atom stereocenters. The third-order valence-electron chi connectivity index (χ3n) is 8.44. The number of aromatic nitrogens is 1. The van der Waals surface area contributed by atoms with E-state index >= 15 is 0 Å². The number of amides is 3. The number of nitrogens with zero attached hydrogens (tertiary/aromatic N) is 1. The maximum atomic E-state index is 12.7. The van der Waals surface area contributed by atoms with Gasteiger partial charge in [-0.15, -0.1) is 6.58 Å². The second-order valence-corrected chi connectivity index (χ2v) is 13.6. The number of carbonyl (C=O) groups is 3. The molecule has 0 spiro atoms. The number of rotatable bonds is 17. The lowest BCUT2D eigenvalue weighted by molar-refractivity contribution is -0.130. The molecule has 1 aliphatic rings. The molecule has 5 N–H and O–H groups in total. The lowest BCUT2D eigenvalue weighted by atomic mass is 10.0. The summed E-state index contributed by atoms with van der Waals surface area (Å²) in [5, 5.41) is 3.24. The van der Waals surface area contributed by atoms with Crippen LogP contribution in [0, 0.1) is 0 Å². The van der Waals surface area contributed by atoms with Gasteiger partial charge in [0.05, 0.1) is 6.61 Å². The summed E-state index contributed by atoms with van der Waals surface area (Å²) >= 11 is 1.50. The topological polar surface area (TPSA) is 147 Å². The van der Waals surface area contributed by atoms with Crippen molar-refractivity contribution < 1.29 is 19.1 Å². The SMILES string of the molecule is C=CCCC(=O)NSCCCC.CC1CCCN1C(=O)CNC(=O)OCCCCCc1ccc2[nH]c(-c3ccccc3)cc(=O)c2c1.CCCC.CN. The number of fused-ring (bicyclic) bond motifs is 1. The van der Waals surface area contributed by atoms with Crippen molar-refractivity contribution in [2.45, 2.75) is 111 Å². The fraction of sp³-hybridized carbons (Fsp3) is 0.524. The van der Waals surface area contributed by atoms with Crippen molar-refractivity contribution >= 4 is 40.8 Å². The number of aryl methyl sites for hydroxylation is 1. The van der Waals surface area contributed by atoms with Crippen LogP contribution in [-0.4, -0.2) is 66.3 Å². The Kier molecular flexibility index (Phi) is 26.0. The van der Waals surface area contributed by atoms with Gasteiger partial charge in [0.25, 0.3) is 0 Å². The fourth-order valence-corrected chi connectivity index (χ4v) is 6.03. The first kappa shape index (κ1) is 46.9. The Bertz CT molecular complexity index is 1530. The van der Waals surface area contributed by atoms with Gasteiger partial charge in [-0.05, 0) is 88.6 Å². The third-order valence-corrected chi connectivity index (χ3v) is 9.31. The number of hydrogen-bond donors (Lipinski definition) is 4. The molecular weight excluding hydrogens is 687 g/mol. The van der Waals surface area contributed by atoms with Gasteiger partial charge in [0.1, 0.15) is 6.54 Å². The molecule has 4 rings (SSSR count). The Hall–Kier alpha value is -4.09. The molecular formula is C42H65N5O5S. The minimum absolute atomic E-state index is 0.0107. The number of aromatic amines is 1. The average molecular weight is 752 g/mol. The van der Waals surface area contributed by atoms with E-state index in [0.29, 0.717) is 18.4 Å². The Morgan fingerprint density at radius 2 is 1.74 bits per heavy atom. The van der Waals surface area contributed by atoms with Gasteiger partial charge in [-0.1, -0.05) is 94.5 Å². The van der Waals surface area contributed by atoms with Crippen LogP contribution in [0.3, 0.4) is 0 Å². The number of H-pyrrole nitrogens is 1. The summed E-state index contributed by atoms with van der Waals surface area (Å²) in [4.78, 5) is 52.8. The van der Waals surface area contributed by atoms with Gasteiger partial charge in [0.15, 0.2) is 5.43 Å². The van der Waals surface area contributed by atoms with Crippen molar-refractivity contribution in [1.29, 1.82) is 0 Å². The lowest BCUT2D eigenvalue weighted by Crippen LogP contribution is -2.41. The zero-order chi connectivity index (χ0) is 39.3. The molecule has 2 heterocycles. The van der Waals surface area contributed by atoms with E-state index in [0.717, 1.165) is 86.0 Å². The van der Waals surface area contributed by atoms with E-state index in [-0.39, 0.29) is 29.8 Å². The zero-order valence-corrected chi connectivity index (χ0v) is 33.7. The standard InChI is InChI=1S/C28H33N3O4.C9H17NOS.C4H10.CH5N/c1-20-9-8-15-31(20)27(33)19-29-28(34)35-16-7-3-4-10-21-13-14-24-23(17-21)26(32)18-25(30-24)22-11-5-2-6-12-22;1-3-5-7-9(11)10-12-8-6-4-2;1-3-4-2;1-2/h2,5-6,11-14,17-18,20H,3-4,7-10,15-16,19H2,1H3,(H,29,34)(H,30,32);3H,1,4-8H2,2H3,(H,10,11);3-4H2,1-2H3;2H2,1H3. The van der Waals surface area contributed by atoms with Gasteiger partial charge in [-0.3, -0.25) is 14.4 Å². The first-order valence-electron chi connectivity index (χ1n) is 19.2. The third kappa shape index (κ3) is 19.5. The molecule has 3 aromatic rings. The number of nitrogens with one attached hydrogen (secondary N) is 3. The zero-order valence-electron chi connectivity index (χ0n) is 32.8. The number of nitrogens with two attached hydrogens (primary N) is 1. The monoisotopic (exact) mass is 751 g/mol. The molecule has 0 saturated carbocycles. The summed E-state index contributed by atoms with van der Waals surface area (Å²) in [6.07, 6.45) is 13.0. The van der Waals surface area contributed by atoms with E-state index in [2.05, 4.69) is 54.2 Å². The van der Waals surface area contributed by atoms with Crippen molar-refractivity contribution in [3.63, 3.8) is 0 Å². The van der Waals surface area contributed by atoms with Crippen molar-refractivity contribution in [3.05, 3.63) is 83.0 Å². The highest BCUT2D eigenvalue weighted by molar-refractivity contribution is 7.97. The molecule has 1 fully saturated rings. The molecule has 10 nitrogen and oxygen atoms in total. The maximum absolute atomic E-state index is 12.7. The normalized spacial score (nSPS) is 12.9. The van der Waals surface area contributed by atoms with Crippen LogP contribution < -0.4 is 21.2 Å². The molecule has 294 valence electrons. The van der Waals surface area contributed by atoms with Crippen LogP contribution in [0.1, 0.15) is 104 Å². The highest BCUT2D eigenvalue weighted by Crippen LogP contribution is 2.20. The van der Waals surface area contributed by atoms with E-state index in [1.807, 2.05) is 54.3 Å². The number of unbranched alkanes of at least 4 members (excludes halogenated alkanes) is 4. The Balaban J connectivity index is 0.000000652. The second kappa shape index (κ2) is 29.4. The number of benzene rings is 2. The number of ether oxygens (including phenoxy) is 1. The summed E-state index contributed by atoms with van der Waals surface area (Å²) in [7, 11) is 1.50. The van der Waals surface area contributed by atoms with Gasteiger partial charge < -0.3 is 30.4 Å². The largest absolute Gasteiger partial charge is 0.450 e. The number of likely N-dealkylation sites (tertiary alicyclic amines) is 1. The van der Waals surface area contributed by atoms with Gasteiger partial charge in [-0.2, -0.15) is 0 Å². The van der Waals surface area contributed by atoms with E-state index in [9.17, 15) is 19.2 Å². The summed E-state index contributed by atoms with van der Waals surface area (Å²) in [6.45, 7) is 13.1. The van der Waals surface area contributed by atoms with Crippen LogP contribution in [-0.2, 0) is 20.7 Å². The van der Waals surface area contributed by atoms with Crippen LogP contribution in [0.15, 0.2) is 72.0 Å². The van der Waals surface area contributed by atoms with E-state index < -0.39 is 6.09 Å². The molecule has 0 aliphatic carbocycles. The van der Waals surface area contributed by atoms with E-state index in [4.69, 9.17) is 4.74 Å². The number of carbonyl (C=O) groups excluding carboxylic acids is 3. The molecule has 1 saturated heterocycles. The van der Waals surface area contributed by atoms with Crippen LogP contribution in [0.4, 0.5) is 4.79 Å². The quantitative estimate of drug-likeness (QED) is 0.0614. The molecule has 0 bridgehead atoms. The van der Waals surface area contributed by atoms with Crippen molar-refractivity contribution in [1.82, 2.24) is 19.9 Å². The van der Waals surface area contributed by atoms with Crippen molar-refractivity contribution in [2.24, 2.45) is 5.73 Å². The van der Waals surface area contributed by atoms with E-state index in [1.54, 1.807) is 12.1 Å². The highest BCUT2D eigenvalue weighted by atomic mass is 32.2. The van der Waals surface area contributed by atoms with Gasteiger partial charge in [0.2, 0.25) is 11.8 Å². The van der Waals surface area contributed by atoms with Crippen LogP contribution in [0.5, 0.6) is 0 Å². The predicted octanol–water partition coefficient (Wildman–Crippen LogP) is 8.54. The number of alkyl carbamates (subject to hydrolysis) is 1. The van der Waals surface area contributed by atoms with Crippen molar-refractivity contribution in [3.8, 4) is 11.3 Å². The van der Waals surface area contributed by atoms with Gasteiger partial charge in [0, 0.05) is 47.4 Å². The Labute approximate surface area is 322 Å². The molecule has 1 aromatic heterocycles. The second-order valence-electron chi connectivity index (χ2n) is 12.7. The average Bonchev–Trinajstić information content (AvgIpc) is 3.63. The first-order chi connectivity index (χ1) is 25.7. The van der Waals surface area contributed by atoms with Gasteiger partial charge >= 0.3 is 6.09 Å². The predicted molar refractivity (Wildman–Crippen MR) is 223 cm³/mol. The summed E-state index contributed by atoms with van der Waals surface area (Å²) in [5.74, 6) is 1.06. The van der Waals surface area contributed by atoms with Crippen LogP contribution in [0.25, 0.3) is 22.2 Å².